The van der Waals surface area contributed by atoms with Gasteiger partial charge in [-0.25, -0.2) is 4.39 Å². The molecule has 1 aromatic carbocycles. The van der Waals surface area contributed by atoms with Gasteiger partial charge in [0.05, 0.1) is 16.4 Å². The normalized spacial score (nSPS) is 23.3. The van der Waals surface area contributed by atoms with E-state index in [-0.39, 0.29) is 5.02 Å². The van der Waals surface area contributed by atoms with Crippen LogP contribution in [0.5, 0.6) is 0 Å². The fourth-order valence-corrected chi connectivity index (χ4v) is 3.67. The van der Waals surface area contributed by atoms with E-state index in [1.807, 2.05) is 11.8 Å². The molecule has 0 bridgehead atoms. The van der Waals surface area contributed by atoms with Crippen LogP contribution in [0.2, 0.25) is 5.02 Å². The third kappa shape index (κ3) is 3.23. The molecule has 0 saturated heterocycles. The number of nitrogens with two attached hydrogens (primary N) is 1. The summed E-state index contributed by atoms with van der Waals surface area (Å²) in [6.45, 7) is 2.18. The second-order valence-corrected chi connectivity index (χ2v) is 6.57. The summed E-state index contributed by atoms with van der Waals surface area (Å²) in [5, 5.41) is 4.22. The fourth-order valence-electron chi connectivity index (χ4n) is 2.37. The van der Waals surface area contributed by atoms with Crippen LogP contribution in [0.15, 0.2) is 12.1 Å². The maximum atomic E-state index is 13.2. The molecule has 0 radical (unpaired) electrons. The van der Waals surface area contributed by atoms with Crippen LogP contribution in [0, 0.1) is 5.82 Å². The maximum Gasteiger partial charge on any atom is 0.143 e. The molecule has 1 aromatic rings. The van der Waals surface area contributed by atoms with Crippen molar-refractivity contribution in [3.63, 3.8) is 0 Å². The standard InChI is InChI=1S/C13H18ClFN2S/c1-2-18-9-4-3-8(5-9)17-13-6-10(14)11(15)7-12(13)16/h6-9,17H,2-5,16H2,1H3. The summed E-state index contributed by atoms with van der Waals surface area (Å²) >= 11 is 7.78. The third-order valence-electron chi connectivity index (χ3n) is 3.24. The van der Waals surface area contributed by atoms with Gasteiger partial charge in [-0.2, -0.15) is 11.8 Å². The Hall–Kier alpha value is -0.610. The lowest BCUT2D eigenvalue weighted by Gasteiger charge is -2.16. The molecule has 0 heterocycles. The molecule has 2 nitrogen and oxygen atoms in total. The fraction of sp³-hybridized carbons (Fsp3) is 0.538. The number of nitrogen functional groups attached to an aromatic ring is 1. The average molecular weight is 289 g/mol. The Balaban J connectivity index is 2.00. The van der Waals surface area contributed by atoms with E-state index in [2.05, 4.69) is 12.2 Å². The molecule has 0 amide bonds. The smallest absolute Gasteiger partial charge is 0.143 e. The van der Waals surface area contributed by atoms with Crippen molar-refractivity contribution in [2.75, 3.05) is 16.8 Å². The zero-order valence-electron chi connectivity index (χ0n) is 10.4. The SMILES string of the molecule is CCSC1CCC(Nc2cc(Cl)c(F)cc2N)C1. The van der Waals surface area contributed by atoms with Crippen LogP contribution in [0.4, 0.5) is 15.8 Å². The number of benzene rings is 1. The molecule has 2 rings (SSSR count). The molecule has 0 aliphatic heterocycles. The van der Waals surface area contributed by atoms with Gasteiger partial charge in [0.1, 0.15) is 5.82 Å². The molecule has 18 heavy (non-hydrogen) atoms. The largest absolute Gasteiger partial charge is 0.397 e. The van der Waals surface area contributed by atoms with Gasteiger partial charge in [0.2, 0.25) is 0 Å². The van der Waals surface area contributed by atoms with E-state index in [0.29, 0.717) is 11.7 Å². The maximum absolute atomic E-state index is 13.2. The number of thioether (sulfide) groups is 1. The van der Waals surface area contributed by atoms with E-state index in [1.165, 1.54) is 12.5 Å². The Morgan fingerprint density at radius 2 is 2.28 bits per heavy atom. The molecule has 1 fully saturated rings. The topological polar surface area (TPSA) is 38.0 Å². The average Bonchev–Trinajstić information content (AvgIpc) is 2.74. The van der Waals surface area contributed by atoms with Crippen LogP contribution in [0.3, 0.4) is 0 Å². The van der Waals surface area contributed by atoms with Crippen molar-refractivity contribution < 1.29 is 4.39 Å². The van der Waals surface area contributed by atoms with Crippen molar-refractivity contribution in [1.29, 1.82) is 0 Å². The molecule has 2 unspecified atom stereocenters. The summed E-state index contributed by atoms with van der Waals surface area (Å²) < 4.78 is 13.2. The summed E-state index contributed by atoms with van der Waals surface area (Å²) in [6.07, 6.45) is 3.49. The van der Waals surface area contributed by atoms with Gasteiger partial charge >= 0.3 is 0 Å². The van der Waals surface area contributed by atoms with Crippen molar-refractivity contribution in [2.45, 2.75) is 37.5 Å². The lowest BCUT2D eigenvalue weighted by molar-refractivity contribution is 0.629. The molecule has 1 aliphatic carbocycles. The second-order valence-electron chi connectivity index (χ2n) is 4.59. The van der Waals surface area contributed by atoms with E-state index >= 15 is 0 Å². The van der Waals surface area contributed by atoms with Gasteiger partial charge < -0.3 is 11.1 Å². The van der Waals surface area contributed by atoms with E-state index in [0.717, 1.165) is 29.5 Å². The van der Waals surface area contributed by atoms with Crippen molar-refractivity contribution in [3.8, 4) is 0 Å². The van der Waals surface area contributed by atoms with E-state index in [9.17, 15) is 4.39 Å². The molecule has 1 aliphatic rings. The van der Waals surface area contributed by atoms with Crippen LogP contribution in [0.25, 0.3) is 0 Å². The highest BCUT2D eigenvalue weighted by atomic mass is 35.5. The molecule has 3 N–H and O–H groups in total. The number of hydrogen-bond donors (Lipinski definition) is 2. The molecule has 1 saturated carbocycles. The van der Waals surface area contributed by atoms with Crippen molar-refractivity contribution in [3.05, 3.63) is 23.0 Å². The predicted molar refractivity (Wildman–Crippen MR) is 79.0 cm³/mol. The zero-order valence-corrected chi connectivity index (χ0v) is 12.0. The Morgan fingerprint density at radius 3 is 3.00 bits per heavy atom. The third-order valence-corrected chi connectivity index (χ3v) is 4.76. The van der Waals surface area contributed by atoms with Gasteiger partial charge in [-0.15, -0.1) is 0 Å². The Kier molecular flexibility index (Phi) is 4.62. The van der Waals surface area contributed by atoms with Gasteiger partial charge in [0, 0.05) is 17.4 Å². The molecule has 0 aromatic heterocycles. The Bertz CT molecular complexity index is 428. The van der Waals surface area contributed by atoms with E-state index in [1.54, 1.807) is 6.07 Å². The van der Waals surface area contributed by atoms with Gasteiger partial charge in [-0.05, 0) is 31.1 Å². The number of anilines is 2. The minimum atomic E-state index is -0.467. The monoisotopic (exact) mass is 288 g/mol. The lowest BCUT2D eigenvalue weighted by Crippen LogP contribution is -2.17. The molecular weight excluding hydrogens is 271 g/mol. The van der Waals surface area contributed by atoms with Gasteiger partial charge in [-0.3, -0.25) is 0 Å². The minimum absolute atomic E-state index is 0.115. The van der Waals surface area contributed by atoms with Gasteiger partial charge in [-0.1, -0.05) is 18.5 Å². The van der Waals surface area contributed by atoms with Crippen LogP contribution in [0.1, 0.15) is 26.2 Å². The van der Waals surface area contributed by atoms with Crippen molar-refractivity contribution in [2.24, 2.45) is 0 Å². The highest BCUT2D eigenvalue weighted by Gasteiger charge is 2.24. The summed E-state index contributed by atoms with van der Waals surface area (Å²) in [7, 11) is 0. The molecule has 2 atom stereocenters. The number of rotatable bonds is 4. The van der Waals surface area contributed by atoms with Crippen molar-refractivity contribution in [1.82, 2.24) is 0 Å². The van der Waals surface area contributed by atoms with Crippen LogP contribution in [-0.4, -0.2) is 17.0 Å². The highest BCUT2D eigenvalue weighted by molar-refractivity contribution is 7.99. The summed E-state index contributed by atoms with van der Waals surface area (Å²) in [6, 6.07) is 3.27. The van der Waals surface area contributed by atoms with E-state index < -0.39 is 5.82 Å². The Labute approximate surface area is 116 Å². The first-order valence-electron chi connectivity index (χ1n) is 6.22. The predicted octanol–water partition coefficient (Wildman–Crippen LogP) is 4.15. The Morgan fingerprint density at radius 1 is 1.50 bits per heavy atom. The highest BCUT2D eigenvalue weighted by Crippen LogP contribution is 2.34. The first kappa shape index (κ1) is 13.8. The van der Waals surface area contributed by atoms with Gasteiger partial charge in [0.15, 0.2) is 0 Å². The molecule has 100 valence electrons. The van der Waals surface area contributed by atoms with E-state index in [4.69, 9.17) is 17.3 Å². The summed E-state index contributed by atoms with van der Waals surface area (Å²) in [4.78, 5) is 0. The number of halogens is 2. The number of hydrogen-bond acceptors (Lipinski definition) is 3. The second kappa shape index (κ2) is 6.02. The quantitative estimate of drug-likeness (QED) is 0.818. The first-order valence-corrected chi connectivity index (χ1v) is 7.65. The van der Waals surface area contributed by atoms with Crippen LogP contribution >= 0.6 is 23.4 Å². The number of nitrogens with one attached hydrogen (secondary N) is 1. The first-order chi connectivity index (χ1) is 8.60. The summed E-state index contributed by atoms with van der Waals surface area (Å²) in [5.41, 5.74) is 6.96. The van der Waals surface area contributed by atoms with Crippen molar-refractivity contribution >= 4 is 34.7 Å². The molecular formula is C13H18ClFN2S. The minimum Gasteiger partial charge on any atom is -0.397 e. The summed E-state index contributed by atoms with van der Waals surface area (Å²) in [5.74, 6) is 0.688. The zero-order chi connectivity index (χ0) is 13.1. The molecule has 0 spiro atoms. The van der Waals surface area contributed by atoms with Gasteiger partial charge in [0.25, 0.3) is 0 Å². The molecule has 5 heteroatoms. The van der Waals surface area contributed by atoms with Crippen LogP contribution < -0.4 is 11.1 Å². The van der Waals surface area contributed by atoms with Crippen LogP contribution in [-0.2, 0) is 0 Å². The lowest BCUT2D eigenvalue weighted by atomic mass is 10.2.